The summed E-state index contributed by atoms with van der Waals surface area (Å²) in [4.78, 5) is 15.5. The summed E-state index contributed by atoms with van der Waals surface area (Å²) in [6, 6.07) is 19.3. The van der Waals surface area contributed by atoms with Crippen LogP contribution in [0.25, 0.3) is 0 Å². The van der Waals surface area contributed by atoms with Crippen LogP contribution in [0.2, 0.25) is 5.02 Å². The third-order valence-electron chi connectivity index (χ3n) is 5.42. The molecule has 1 saturated heterocycles. The number of nitrogens with one attached hydrogen (secondary N) is 2. The predicted molar refractivity (Wildman–Crippen MR) is 123 cm³/mol. The van der Waals surface area contributed by atoms with Crippen LogP contribution in [0.5, 0.6) is 5.75 Å². The van der Waals surface area contributed by atoms with E-state index >= 15 is 0 Å². The highest BCUT2D eigenvalue weighted by Gasteiger charge is 2.27. The molecule has 1 fully saturated rings. The number of ether oxygens (including phenoxy) is 2. The molecule has 3 aromatic rings. The number of morpholine rings is 1. The highest BCUT2D eigenvalue weighted by molar-refractivity contribution is 7.10. The van der Waals surface area contributed by atoms with Crippen LogP contribution in [0.1, 0.15) is 26.8 Å². The molecule has 1 atom stereocenters. The van der Waals surface area contributed by atoms with Crippen molar-refractivity contribution < 1.29 is 19.2 Å². The van der Waals surface area contributed by atoms with Gasteiger partial charge in [0, 0.05) is 10.6 Å². The zero-order chi connectivity index (χ0) is 21.5. The van der Waals surface area contributed by atoms with Crippen molar-refractivity contribution in [2.75, 3.05) is 32.8 Å². The number of carbonyl (C=O) groups excluding carboxylic acids is 1. The van der Waals surface area contributed by atoms with Gasteiger partial charge in [0.25, 0.3) is 5.91 Å². The van der Waals surface area contributed by atoms with Crippen LogP contribution in [0.3, 0.4) is 0 Å². The molecular weight excluding hydrogens is 432 g/mol. The first-order valence-corrected chi connectivity index (χ1v) is 11.7. The summed E-state index contributed by atoms with van der Waals surface area (Å²) in [5.41, 5.74) is 1.65. The summed E-state index contributed by atoms with van der Waals surface area (Å²) in [6.45, 7) is 4.50. The average Bonchev–Trinajstić information content (AvgIpc) is 3.34. The molecule has 0 unspecified atom stereocenters. The average molecular weight is 458 g/mol. The lowest BCUT2D eigenvalue weighted by Crippen LogP contribution is -3.15. The fourth-order valence-corrected chi connectivity index (χ4v) is 4.68. The maximum atomic E-state index is 12.7. The van der Waals surface area contributed by atoms with E-state index in [4.69, 9.17) is 21.1 Å². The molecule has 2 aromatic carbocycles. The van der Waals surface area contributed by atoms with E-state index in [9.17, 15) is 4.79 Å². The molecule has 4 rings (SSSR count). The van der Waals surface area contributed by atoms with Crippen molar-refractivity contribution in [3.05, 3.63) is 87.1 Å². The summed E-state index contributed by atoms with van der Waals surface area (Å²) in [6.07, 6.45) is 0. The normalized spacial score (nSPS) is 15.4. The Morgan fingerprint density at radius 1 is 1.10 bits per heavy atom. The fraction of sp³-hybridized carbons (Fsp3) is 0.292. The van der Waals surface area contributed by atoms with E-state index in [1.165, 1.54) is 9.78 Å². The van der Waals surface area contributed by atoms with Gasteiger partial charge in [0.05, 0.1) is 24.6 Å². The van der Waals surface area contributed by atoms with Gasteiger partial charge >= 0.3 is 0 Å². The number of quaternary nitrogens is 1. The summed E-state index contributed by atoms with van der Waals surface area (Å²) in [5, 5.41) is 5.90. The van der Waals surface area contributed by atoms with Gasteiger partial charge in [-0.1, -0.05) is 29.8 Å². The number of rotatable bonds is 8. The number of thiophene rings is 1. The molecule has 0 spiro atoms. The Bertz CT molecular complexity index is 956. The highest BCUT2D eigenvalue weighted by atomic mass is 35.5. The Kier molecular flexibility index (Phi) is 7.59. The maximum Gasteiger partial charge on any atom is 0.251 e. The SMILES string of the molecule is O=C(NC[C@@H](c1cccs1)[NH+]1CCOCC1)c1ccc(COc2ccc(Cl)cc2)cc1. The largest absolute Gasteiger partial charge is 0.489 e. The van der Waals surface area contributed by atoms with Crippen molar-refractivity contribution in [2.24, 2.45) is 0 Å². The summed E-state index contributed by atoms with van der Waals surface area (Å²) >= 11 is 7.64. The number of halogens is 1. The van der Waals surface area contributed by atoms with Crippen LogP contribution in [0.15, 0.2) is 66.0 Å². The van der Waals surface area contributed by atoms with Crippen LogP contribution >= 0.6 is 22.9 Å². The van der Waals surface area contributed by atoms with E-state index in [2.05, 4.69) is 22.8 Å². The van der Waals surface area contributed by atoms with Crippen LogP contribution in [-0.4, -0.2) is 38.8 Å². The number of hydrogen-bond acceptors (Lipinski definition) is 4. The van der Waals surface area contributed by atoms with Gasteiger partial charge in [-0.05, 0) is 53.4 Å². The van der Waals surface area contributed by atoms with Crippen molar-refractivity contribution in [3.63, 3.8) is 0 Å². The van der Waals surface area contributed by atoms with Gasteiger partial charge < -0.3 is 19.7 Å². The molecular formula is C24H26ClN2O3S+. The molecule has 5 nitrogen and oxygen atoms in total. The number of carbonyl (C=O) groups is 1. The maximum absolute atomic E-state index is 12.7. The van der Waals surface area contributed by atoms with Gasteiger partial charge in [-0.25, -0.2) is 0 Å². The second kappa shape index (κ2) is 10.8. The topological polar surface area (TPSA) is 52.0 Å². The number of hydrogen-bond donors (Lipinski definition) is 2. The molecule has 162 valence electrons. The lowest BCUT2D eigenvalue weighted by Gasteiger charge is -2.31. The molecule has 0 bridgehead atoms. The van der Waals surface area contributed by atoms with Crippen LogP contribution in [-0.2, 0) is 11.3 Å². The lowest BCUT2D eigenvalue weighted by molar-refractivity contribution is -0.937. The van der Waals surface area contributed by atoms with Crippen molar-refractivity contribution in [1.82, 2.24) is 5.32 Å². The summed E-state index contributed by atoms with van der Waals surface area (Å²) in [5.74, 6) is 0.704. The van der Waals surface area contributed by atoms with Crippen LogP contribution in [0.4, 0.5) is 0 Å². The molecule has 31 heavy (non-hydrogen) atoms. The monoisotopic (exact) mass is 457 g/mol. The third kappa shape index (κ3) is 6.08. The first-order chi connectivity index (χ1) is 15.2. The highest BCUT2D eigenvalue weighted by Crippen LogP contribution is 2.18. The van der Waals surface area contributed by atoms with Crippen molar-refractivity contribution in [1.29, 1.82) is 0 Å². The Hall–Kier alpha value is -2.38. The van der Waals surface area contributed by atoms with Gasteiger partial charge in [0.1, 0.15) is 31.5 Å². The Labute approximate surface area is 191 Å². The van der Waals surface area contributed by atoms with E-state index < -0.39 is 0 Å². The standard InChI is InChI=1S/C24H25ClN2O3S/c25-20-7-9-21(10-8-20)30-17-18-3-5-19(6-4-18)24(28)26-16-22(23-2-1-15-31-23)27-11-13-29-14-12-27/h1-10,15,22H,11-14,16-17H2,(H,26,28)/p+1/t22-/m0/s1. The number of amides is 1. The molecule has 7 heteroatoms. The van der Waals surface area contributed by atoms with Gasteiger partial charge in [0.15, 0.2) is 0 Å². The van der Waals surface area contributed by atoms with E-state index in [1.807, 2.05) is 36.4 Å². The molecule has 0 aliphatic carbocycles. The minimum atomic E-state index is -0.0561. The quantitative estimate of drug-likeness (QED) is 0.545. The molecule has 2 heterocycles. The first kappa shape index (κ1) is 21.8. The number of benzene rings is 2. The Morgan fingerprint density at radius 3 is 2.52 bits per heavy atom. The smallest absolute Gasteiger partial charge is 0.251 e. The Morgan fingerprint density at radius 2 is 1.84 bits per heavy atom. The molecule has 0 radical (unpaired) electrons. The molecule has 1 aliphatic heterocycles. The zero-order valence-corrected chi connectivity index (χ0v) is 18.8. The minimum absolute atomic E-state index is 0.0561. The molecule has 1 aromatic heterocycles. The molecule has 1 aliphatic rings. The minimum Gasteiger partial charge on any atom is -0.489 e. The van der Waals surface area contributed by atoms with Gasteiger partial charge in [0.2, 0.25) is 0 Å². The van der Waals surface area contributed by atoms with Gasteiger partial charge in [-0.3, -0.25) is 4.79 Å². The molecule has 1 amide bonds. The van der Waals surface area contributed by atoms with Gasteiger partial charge in [-0.15, -0.1) is 11.3 Å². The van der Waals surface area contributed by atoms with E-state index in [0.29, 0.717) is 23.7 Å². The van der Waals surface area contributed by atoms with E-state index in [-0.39, 0.29) is 11.9 Å². The lowest BCUT2D eigenvalue weighted by atomic mass is 10.1. The van der Waals surface area contributed by atoms with Crippen LogP contribution < -0.4 is 15.0 Å². The summed E-state index contributed by atoms with van der Waals surface area (Å²) in [7, 11) is 0. The Balaban J connectivity index is 1.32. The fourth-order valence-electron chi connectivity index (χ4n) is 3.66. The van der Waals surface area contributed by atoms with Crippen molar-refractivity contribution >= 4 is 28.8 Å². The van der Waals surface area contributed by atoms with E-state index in [0.717, 1.165) is 37.6 Å². The van der Waals surface area contributed by atoms with E-state index in [1.54, 1.807) is 23.5 Å². The predicted octanol–water partition coefficient (Wildman–Crippen LogP) is 3.37. The molecule has 2 N–H and O–H groups in total. The second-order valence-electron chi connectivity index (χ2n) is 7.49. The van der Waals surface area contributed by atoms with Gasteiger partial charge in [-0.2, -0.15) is 0 Å². The second-order valence-corrected chi connectivity index (χ2v) is 8.90. The summed E-state index contributed by atoms with van der Waals surface area (Å²) < 4.78 is 11.3. The third-order valence-corrected chi connectivity index (χ3v) is 6.65. The zero-order valence-electron chi connectivity index (χ0n) is 17.2. The van der Waals surface area contributed by atoms with Crippen molar-refractivity contribution in [2.45, 2.75) is 12.6 Å². The van der Waals surface area contributed by atoms with Crippen LogP contribution in [0, 0.1) is 0 Å². The first-order valence-electron chi connectivity index (χ1n) is 10.4. The van der Waals surface area contributed by atoms with Crippen molar-refractivity contribution in [3.8, 4) is 5.75 Å². The molecule has 0 saturated carbocycles.